The minimum absolute atomic E-state index is 0. The lowest BCUT2D eigenvalue weighted by molar-refractivity contribution is 0.181. The van der Waals surface area contributed by atoms with Crippen LogP contribution in [0.15, 0.2) is 29.3 Å². The van der Waals surface area contributed by atoms with Crippen LogP contribution in [0.25, 0.3) is 0 Å². The SMILES string of the molecule is CCNC(=NCCCN(C)c1cccc(F)c1)N(C)CC1CCOC1.I. The summed E-state index contributed by atoms with van der Waals surface area (Å²) in [7, 11) is 4.06. The van der Waals surface area contributed by atoms with Crippen LogP contribution in [0, 0.1) is 11.7 Å². The van der Waals surface area contributed by atoms with Crippen molar-refractivity contribution in [2.24, 2.45) is 10.9 Å². The molecule has 2 rings (SSSR count). The van der Waals surface area contributed by atoms with Crippen molar-refractivity contribution >= 4 is 35.6 Å². The second-order valence-corrected chi connectivity index (χ2v) is 6.60. The van der Waals surface area contributed by atoms with Gasteiger partial charge in [0.25, 0.3) is 0 Å². The molecule has 1 heterocycles. The summed E-state index contributed by atoms with van der Waals surface area (Å²) in [5.74, 6) is 1.34. The summed E-state index contributed by atoms with van der Waals surface area (Å²) < 4.78 is 18.7. The Morgan fingerprint density at radius 1 is 1.38 bits per heavy atom. The molecule has 1 N–H and O–H groups in total. The molecule has 1 saturated heterocycles. The van der Waals surface area contributed by atoms with Crippen molar-refractivity contribution in [1.29, 1.82) is 0 Å². The zero-order valence-corrected chi connectivity index (χ0v) is 18.4. The van der Waals surface area contributed by atoms with Crippen LogP contribution in [0.1, 0.15) is 19.8 Å². The van der Waals surface area contributed by atoms with Gasteiger partial charge in [0.2, 0.25) is 0 Å². The minimum atomic E-state index is -0.200. The number of hydrogen-bond acceptors (Lipinski definition) is 3. The zero-order chi connectivity index (χ0) is 18.1. The van der Waals surface area contributed by atoms with Crippen LogP contribution in [-0.2, 0) is 4.74 Å². The predicted octanol–water partition coefficient (Wildman–Crippen LogP) is 3.20. The number of aliphatic imine (C=N–C) groups is 1. The zero-order valence-electron chi connectivity index (χ0n) is 16.1. The smallest absolute Gasteiger partial charge is 0.193 e. The van der Waals surface area contributed by atoms with E-state index in [2.05, 4.69) is 29.1 Å². The Morgan fingerprint density at radius 3 is 2.85 bits per heavy atom. The van der Waals surface area contributed by atoms with E-state index in [4.69, 9.17) is 9.73 Å². The first kappa shape index (κ1) is 23.0. The number of anilines is 1. The predicted molar refractivity (Wildman–Crippen MR) is 117 cm³/mol. The first-order chi connectivity index (χ1) is 12.1. The normalized spacial score (nSPS) is 16.9. The number of benzene rings is 1. The van der Waals surface area contributed by atoms with Crippen molar-refractivity contribution < 1.29 is 9.13 Å². The molecule has 148 valence electrons. The number of guanidine groups is 1. The second kappa shape index (κ2) is 12.3. The fourth-order valence-corrected chi connectivity index (χ4v) is 3.01. The van der Waals surface area contributed by atoms with E-state index in [-0.39, 0.29) is 29.8 Å². The van der Waals surface area contributed by atoms with Crippen LogP contribution in [0.5, 0.6) is 0 Å². The fraction of sp³-hybridized carbons (Fsp3) is 0.632. The van der Waals surface area contributed by atoms with Crippen LogP contribution >= 0.6 is 24.0 Å². The first-order valence-corrected chi connectivity index (χ1v) is 9.14. The van der Waals surface area contributed by atoms with Gasteiger partial charge < -0.3 is 19.9 Å². The highest BCUT2D eigenvalue weighted by Gasteiger charge is 2.18. The Kier molecular flexibility index (Phi) is 10.9. The van der Waals surface area contributed by atoms with Crippen LogP contribution in [0.4, 0.5) is 10.1 Å². The molecule has 1 unspecified atom stereocenters. The molecule has 1 aliphatic heterocycles. The summed E-state index contributed by atoms with van der Waals surface area (Å²) in [4.78, 5) is 8.98. The van der Waals surface area contributed by atoms with Crippen molar-refractivity contribution in [3.05, 3.63) is 30.1 Å². The maximum absolute atomic E-state index is 13.3. The van der Waals surface area contributed by atoms with Crippen molar-refractivity contribution in [3.8, 4) is 0 Å². The number of nitrogens with one attached hydrogen (secondary N) is 1. The summed E-state index contributed by atoms with van der Waals surface area (Å²) in [6.45, 7) is 7.21. The lowest BCUT2D eigenvalue weighted by atomic mass is 10.1. The van der Waals surface area contributed by atoms with Gasteiger partial charge in [-0.15, -0.1) is 24.0 Å². The lowest BCUT2D eigenvalue weighted by Crippen LogP contribution is -2.41. The van der Waals surface area contributed by atoms with Crippen molar-refractivity contribution in [2.45, 2.75) is 19.8 Å². The van der Waals surface area contributed by atoms with Gasteiger partial charge in [-0.25, -0.2) is 4.39 Å². The second-order valence-electron chi connectivity index (χ2n) is 6.60. The minimum Gasteiger partial charge on any atom is -0.381 e. The van der Waals surface area contributed by atoms with Gasteiger partial charge in [-0.3, -0.25) is 4.99 Å². The van der Waals surface area contributed by atoms with Crippen molar-refractivity contribution in [2.75, 3.05) is 58.4 Å². The largest absolute Gasteiger partial charge is 0.381 e. The Bertz CT molecular complexity index is 552. The van der Waals surface area contributed by atoms with Crippen LogP contribution in [-0.4, -0.2) is 64.3 Å². The maximum Gasteiger partial charge on any atom is 0.193 e. The Hall–Kier alpha value is -1.09. The van der Waals surface area contributed by atoms with Gasteiger partial charge in [-0.1, -0.05) is 6.07 Å². The average Bonchev–Trinajstić information content (AvgIpc) is 3.10. The summed E-state index contributed by atoms with van der Waals surface area (Å²) in [6, 6.07) is 6.69. The Balaban J connectivity index is 0.00000338. The highest BCUT2D eigenvalue weighted by molar-refractivity contribution is 14.0. The van der Waals surface area contributed by atoms with E-state index in [1.807, 2.05) is 13.1 Å². The standard InChI is InChI=1S/C19H31FN4O.HI/c1-4-21-19(24(3)14-16-9-12-25-15-16)22-10-6-11-23(2)18-8-5-7-17(20)13-18;/h5,7-8,13,16H,4,6,9-12,14-15H2,1-3H3,(H,21,22);1H. The molecule has 0 saturated carbocycles. The third kappa shape index (κ3) is 7.65. The number of ether oxygens (including phenoxy) is 1. The number of rotatable bonds is 8. The number of hydrogen-bond donors (Lipinski definition) is 1. The van der Waals surface area contributed by atoms with Gasteiger partial charge in [0.1, 0.15) is 5.82 Å². The van der Waals surface area contributed by atoms with Gasteiger partial charge in [0, 0.05) is 58.5 Å². The molecular weight excluding hydrogens is 446 g/mol. The lowest BCUT2D eigenvalue weighted by Gasteiger charge is -2.24. The van der Waals surface area contributed by atoms with Gasteiger partial charge in [-0.2, -0.15) is 0 Å². The maximum atomic E-state index is 13.3. The molecule has 0 amide bonds. The molecule has 1 aromatic rings. The molecule has 26 heavy (non-hydrogen) atoms. The van der Waals surface area contributed by atoms with E-state index < -0.39 is 0 Å². The molecule has 7 heteroatoms. The van der Waals surface area contributed by atoms with E-state index >= 15 is 0 Å². The summed E-state index contributed by atoms with van der Waals surface area (Å²) >= 11 is 0. The molecule has 1 aliphatic rings. The molecule has 0 radical (unpaired) electrons. The number of nitrogens with zero attached hydrogens (tertiary/aromatic N) is 3. The first-order valence-electron chi connectivity index (χ1n) is 9.14. The molecule has 1 aromatic carbocycles. The highest BCUT2D eigenvalue weighted by atomic mass is 127. The van der Waals surface area contributed by atoms with Gasteiger partial charge >= 0.3 is 0 Å². The van der Waals surface area contributed by atoms with Gasteiger partial charge in [-0.05, 0) is 38.0 Å². The van der Waals surface area contributed by atoms with Crippen LogP contribution in [0.3, 0.4) is 0 Å². The van der Waals surface area contributed by atoms with E-state index in [0.717, 1.165) is 63.9 Å². The summed E-state index contributed by atoms with van der Waals surface area (Å²) in [5.41, 5.74) is 0.897. The van der Waals surface area contributed by atoms with Crippen LogP contribution < -0.4 is 10.2 Å². The molecular formula is C19H32FIN4O. The van der Waals surface area contributed by atoms with Crippen molar-refractivity contribution in [1.82, 2.24) is 10.2 Å². The molecule has 1 atom stereocenters. The molecule has 0 aromatic heterocycles. The molecule has 1 fully saturated rings. The molecule has 0 aliphatic carbocycles. The quantitative estimate of drug-likeness (QED) is 0.270. The van der Waals surface area contributed by atoms with E-state index in [9.17, 15) is 4.39 Å². The number of halogens is 2. The monoisotopic (exact) mass is 478 g/mol. The van der Waals surface area contributed by atoms with Gasteiger partial charge in [0.05, 0.1) is 6.61 Å². The van der Waals surface area contributed by atoms with E-state index in [1.54, 1.807) is 12.1 Å². The van der Waals surface area contributed by atoms with E-state index in [0.29, 0.717) is 5.92 Å². The van der Waals surface area contributed by atoms with Crippen molar-refractivity contribution in [3.63, 3.8) is 0 Å². The fourth-order valence-electron chi connectivity index (χ4n) is 3.01. The van der Waals surface area contributed by atoms with E-state index in [1.165, 1.54) is 6.07 Å². The Morgan fingerprint density at radius 2 is 2.19 bits per heavy atom. The molecule has 0 spiro atoms. The highest BCUT2D eigenvalue weighted by Crippen LogP contribution is 2.14. The van der Waals surface area contributed by atoms with Crippen LogP contribution in [0.2, 0.25) is 0 Å². The Labute approximate surface area is 174 Å². The summed E-state index contributed by atoms with van der Waals surface area (Å²) in [5, 5.41) is 3.36. The topological polar surface area (TPSA) is 40.1 Å². The van der Waals surface area contributed by atoms with Gasteiger partial charge in [0.15, 0.2) is 5.96 Å². The summed E-state index contributed by atoms with van der Waals surface area (Å²) in [6.07, 6.45) is 2.05. The third-order valence-electron chi connectivity index (χ3n) is 4.41. The average molecular weight is 478 g/mol. The third-order valence-corrected chi connectivity index (χ3v) is 4.41. The molecule has 5 nitrogen and oxygen atoms in total. The molecule has 0 bridgehead atoms.